The molecule has 1 aliphatic rings. The van der Waals surface area contributed by atoms with Crippen LogP contribution in [0.4, 0.5) is 8.78 Å². The average molecular weight is 252 g/mol. The summed E-state index contributed by atoms with van der Waals surface area (Å²) in [5.74, 6) is -0.768. The molecule has 0 aliphatic heterocycles. The zero-order valence-electron chi connectivity index (χ0n) is 9.31. The molecule has 1 fully saturated rings. The maximum absolute atomic E-state index is 13.0. The zero-order valence-corrected chi connectivity index (χ0v) is 9.31. The second-order valence-electron chi connectivity index (χ2n) is 4.44. The van der Waals surface area contributed by atoms with Crippen LogP contribution in [-0.4, -0.2) is 21.4 Å². The van der Waals surface area contributed by atoms with Crippen LogP contribution in [0.2, 0.25) is 0 Å². The number of rotatable bonds is 2. The van der Waals surface area contributed by atoms with E-state index in [-0.39, 0.29) is 23.4 Å². The number of aromatic nitrogens is 2. The molecule has 3 rings (SSSR count). The fraction of sp³-hybridized carbons (Fsp3) is 0.333. The number of halogens is 2. The van der Waals surface area contributed by atoms with Crippen molar-refractivity contribution in [1.82, 2.24) is 10.1 Å². The lowest BCUT2D eigenvalue weighted by Gasteiger charge is -2.27. The summed E-state index contributed by atoms with van der Waals surface area (Å²) in [6.45, 7) is 0. The van der Waals surface area contributed by atoms with E-state index in [1.807, 2.05) is 0 Å². The lowest BCUT2D eigenvalue weighted by Crippen LogP contribution is -2.26. The fourth-order valence-electron chi connectivity index (χ4n) is 1.99. The van der Waals surface area contributed by atoms with Gasteiger partial charge < -0.3 is 9.63 Å². The largest absolute Gasteiger partial charge is 0.393 e. The minimum absolute atomic E-state index is 0.0413. The molecule has 1 heterocycles. The Morgan fingerprint density at radius 1 is 1.17 bits per heavy atom. The molecule has 18 heavy (non-hydrogen) atoms. The smallest absolute Gasteiger partial charge is 0.230 e. The molecule has 2 aromatic rings. The Kier molecular flexibility index (Phi) is 2.59. The molecule has 1 aromatic carbocycles. The van der Waals surface area contributed by atoms with Gasteiger partial charge >= 0.3 is 0 Å². The van der Waals surface area contributed by atoms with Crippen LogP contribution < -0.4 is 0 Å². The highest BCUT2D eigenvalue weighted by Gasteiger charge is 2.33. The molecule has 0 bridgehead atoms. The summed E-state index contributed by atoms with van der Waals surface area (Å²) in [6, 6.07) is 3.08. The number of aliphatic hydroxyl groups is 1. The Morgan fingerprint density at radius 2 is 1.83 bits per heavy atom. The maximum Gasteiger partial charge on any atom is 0.230 e. The molecule has 4 nitrogen and oxygen atoms in total. The third-order valence-corrected chi connectivity index (χ3v) is 3.02. The molecule has 0 spiro atoms. The molecule has 6 heteroatoms. The summed E-state index contributed by atoms with van der Waals surface area (Å²) in [4.78, 5) is 4.10. The monoisotopic (exact) mass is 252 g/mol. The molecular formula is C12H10F2N2O2. The van der Waals surface area contributed by atoms with E-state index in [1.54, 1.807) is 0 Å². The summed E-state index contributed by atoms with van der Waals surface area (Å²) >= 11 is 0. The van der Waals surface area contributed by atoms with Gasteiger partial charge in [-0.2, -0.15) is 4.98 Å². The van der Waals surface area contributed by atoms with E-state index < -0.39 is 11.6 Å². The number of nitrogens with zero attached hydrogens (tertiary/aromatic N) is 2. The molecule has 0 saturated heterocycles. The van der Waals surface area contributed by atoms with Crippen molar-refractivity contribution >= 4 is 0 Å². The number of hydrogen-bond donors (Lipinski definition) is 1. The van der Waals surface area contributed by atoms with Crippen LogP contribution in [0, 0.1) is 11.6 Å². The molecule has 0 atom stereocenters. The van der Waals surface area contributed by atoms with Crippen molar-refractivity contribution in [2.24, 2.45) is 0 Å². The van der Waals surface area contributed by atoms with E-state index in [2.05, 4.69) is 10.1 Å². The van der Waals surface area contributed by atoms with E-state index in [1.165, 1.54) is 0 Å². The zero-order chi connectivity index (χ0) is 12.7. The van der Waals surface area contributed by atoms with Gasteiger partial charge in [-0.3, -0.25) is 0 Å². The van der Waals surface area contributed by atoms with Crippen LogP contribution in [0.1, 0.15) is 24.7 Å². The van der Waals surface area contributed by atoms with Gasteiger partial charge in [0, 0.05) is 17.5 Å². The second-order valence-corrected chi connectivity index (χ2v) is 4.44. The van der Waals surface area contributed by atoms with E-state index >= 15 is 0 Å². The molecule has 1 N–H and O–H groups in total. The Hall–Kier alpha value is -1.82. The Balaban J connectivity index is 1.88. The first-order valence-electron chi connectivity index (χ1n) is 5.60. The third kappa shape index (κ3) is 1.99. The SMILES string of the molecule is OC1CC(c2nc(-c3cc(F)cc(F)c3)no2)C1. The predicted molar refractivity (Wildman–Crippen MR) is 57.6 cm³/mol. The van der Waals surface area contributed by atoms with Crippen LogP contribution in [0.3, 0.4) is 0 Å². The van der Waals surface area contributed by atoms with Crippen molar-refractivity contribution in [2.45, 2.75) is 24.9 Å². The van der Waals surface area contributed by atoms with Crippen molar-refractivity contribution in [3.63, 3.8) is 0 Å². The highest BCUT2D eigenvalue weighted by atomic mass is 19.1. The Labute approximate surface area is 101 Å². The standard InChI is InChI=1S/C12H10F2N2O2/c13-8-1-6(2-9(14)5-8)11-15-12(18-16-11)7-3-10(17)4-7/h1-2,5,7,10,17H,3-4H2. The van der Waals surface area contributed by atoms with Crippen molar-refractivity contribution in [1.29, 1.82) is 0 Å². The van der Waals surface area contributed by atoms with Gasteiger partial charge in [-0.05, 0) is 25.0 Å². The first kappa shape index (κ1) is 11.3. The number of hydrogen-bond acceptors (Lipinski definition) is 4. The van der Waals surface area contributed by atoms with Gasteiger partial charge in [0.05, 0.1) is 6.10 Å². The normalized spacial score (nSPS) is 22.8. The van der Waals surface area contributed by atoms with E-state index in [0.717, 1.165) is 18.2 Å². The van der Waals surface area contributed by atoms with Gasteiger partial charge in [0.25, 0.3) is 0 Å². The summed E-state index contributed by atoms with van der Waals surface area (Å²) in [5, 5.41) is 12.9. The molecule has 94 valence electrons. The van der Waals surface area contributed by atoms with Crippen LogP contribution >= 0.6 is 0 Å². The summed E-state index contributed by atoms with van der Waals surface area (Å²) < 4.78 is 31.1. The molecule has 1 aliphatic carbocycles. The summed E-state index contributed by atoms with van der Waals surface area (Å²) in [7, 11) is 0. The minimum Gasteiger partial charge on any atom is -0.393 e. The van der Waals surface area contributed by atoms with Crippen molar-refractivity contribution in [3.8, 4) is 11.4 Å². The Bertz CT molecular complexity index is 559. The summed E-state index contributed by atoms with van der Waals surface area (Å²) in [6.07, 6.45) is 0.843. The van der Waals surface area contributed by atoms with Crippen molar-refractivity contribution < 1.29 is 18.4 Å². The molecule has 0 unspecified atom stereocenters. The molecule has 1 saturated carbocycles. The topological polar surface area (TPSA) is 59.2 Å². The maximum atomic E-state index is 13.0. The van der Waals surface area contributed by atoms with Gasteiger partial charge in [0.15, 0.2) is 0 Å². The minimum atomic E-state index is -0.685. The molecule has 0 radical (unpaired) electrons. The first-order chi connectivity index (χ1) is 8.61. The van der Waals surface area contributed by atoms with Crippen LogP contribution in [0.15, 0.2) is 22.7 Å². The van der Waals surface area contributed by atoms with E-state index in [9.17, 15) is 13.9 Å². The van der Waals surface area contributed by atoms with Gasteiger partial charge in [-0.25, -0.2) is 8.78 Å². The first-order valence-corrected chi connectivity index (χ1v) is 5.60. The van der Waals surface area contributed by atoms with Gasteiger partial charge in [-0.1, -0.05) is 5.16 Å². The predicted octanol–water partition coefficient (Wildman–Crippen LogP) is 2.25. The molecule has 0 amide bonds. The highest BCUT2D eigenvalue weighted by Crippen LogP contribution is 2.36. The third-order valence-electron chi connectivity index (χ3n) is 3.02. The quantitative estimate of drug-likeness (QED) is 0.890. The number of aliphatic hydroxyl groups excluding tert-OH is 1. The summed E-state index contributed by atoms with van der Waals surface area (Å²) in [5.41, 5.74) is 0.238. The van der Waals surface area contributed by atoms with Gasteiger partial charge in [-0.15, -0.1) is 0 Å². The van der Waals surface area contributed by atoms with Gasteiger partial charge in [0.1, 0.15) is 11.6 Å². The van der Waals surface area contributed by atoms with Gasteiger partial charge in [0.2, 0.25) is 11.7 Å². The van der Waals surface area contributed by atoms with Crippen molar-refractivity contribution in [3.05, 3.63) is 35.7 Å². The van der Waals surface area contributed by atoms with E-state index in [4.69, 9.17) is 4.52 Å². The van der Waals surface area contributed by atoms with Crippen LogP contribution in [-0.2, 0) is 0 Å². The highest BCUT2D eigenvalue weighted by molar-refractivity contribution is 5.54. The lowest BCUT2D eigenvalue weighted by atomic mass is 9.82. The lowest BCUT2D eigenvalue weighted by molar-refractivity contribution is 0.0625. The van der Waals surface area contributed by atoms with E-state index in [0.29, 0.717) is 18.7 Å². The molecule has 1 aromatic heterocycles. The van der Waals surface area contributed by atoms with Crippen LogP contribution in [0.25, 0.3) is 11.4 Å². The molecular weight excluding hydrogens is 242 g/mol. The number of benzene rings is 1. The van der Waals surface area contributed by atoms with Crippen LogP contribution in [0.5, 0.6) is 0 Å². The second kappa shape index (κ2) is 4.13. The Morgan fingerprint density at radius 3 is 2.44 bits per heavy atom. The van der Waals surface area contributed by atoms with Crippen molar-refractivity contribution in [2.75, 3.05) is 0 Å². The fourth-order valence-corrected chi connectivity index (χ4v) is 1.99. The average Bonchev–Trinajstić information content (AvgIpc) is 2.72.